The number of fused-ring (bicyclic) bond motifs is 1. The van der Waals surface area contributed by atoms with Crippen LogP contribution in [0.5, 0.6) is 0 Å². The van der Waals surface area contributed by atoms with E-state index in [1.165, 1.54) is 5.56 Å². The third-order valence-corrected chi connectivity index (χ3v) is 4.68. The van der Waals surface area contributed by atoms with Crippen LogP contribution in [-0.2, 0) is 6.42 Å². The normalized spacial score (nSPS) is 16.2. The van der Waals surface area contributed by atoms with Crippen molar-refractivity contribution in [1.29, 1.82) is 0 Å². The average molecular weight is 382 g/mol. The second-order valence-corrected chi connectivity index (χ2v) is 6.62. The van der Waals surface area contributed by atoms with Gasteiger partial charge in [-0.25, -0.2) is 0 Å². The number of anilines is 1. The third-order valence-electron chi connectivity index (χ3n) is 4.19. The standard InChI is InChI=1S/C18H16BrN5/c1-2-12-6-8-13(9-7-12)16-11-17(14-4-3-5-15(19)10-14)24-18(20-16)21-22-23-24/h3-11,17H,2H2,1H3,(H,20,21,23)/t17-/m1/s1. The van der Waals surface area contributed by atoms with E-state index in [9.17, 15) is 0 Å². The quantitative estimate of drug-likeness (QED) is 0.743. The number of rotatable bonds is 3. The van der Waals surface area contributed by atoms with E-state index in [2.05, 4.69) is 86.2 Å². The molecule has 0 saturated heterocycles. The summed E-state index contributed by atoms with van der Waals surface area (Å²) in [7, 11) is 0. The zero-order valence-electron chi connectivity index (χ0n) is 13.1. The van der Waals surface area contributed by atoms with Crippen LogP contribution in [0.1, 0.15) is 29.7 Å². The van der Waals surface area contributed by atoms with Crippen molar-refractivity contribution in [3.05, 3.63) is 75.8 Å². The van der Waals surface area contributed by atoms with Crippen molar-refractivity contribution in [2.45, 2.75) is 19.4 Å². The summed E-state index contributed by atoms with van der Waals surface area (Å²) in [6, 6.07) is 16.7. The van der Waals surface area contributed by atoms with Gasteiger partial charge in [-0.2, -0.15) is 4.68 Å². The van der Waals surface area contributed by atoms with Crippen LogP contribution in [0.15, 0.2) is 59.1 Å². The van der Waals surface area contributed by atoms with Crippen molar-refractivity contribution >= 4 is 27.6 Å². The first-order valence-electron chi connectivity index (χ1n) is 7.86. The number of halogens is 1. The molecule has 2 aromatic carbocycles. The van der Waals surface area contributed by atoms with Gasteiger partial charge in [-0.1, -0.05) is 64.4 Å². The second-order valence-electron chi connectivity index (χ2n) is 5.70. The Kier molecular flexibility index (Phi) is 3.90. The van der Waals surface area contributed by atoms with Crippen LogP contribution < -0.4 is 5.32 Å². The van der Waals surface area contributed by atoms with E-state index in [0.717, 1.165) is 27.7 Å². The number of hydrogen-bond acceptors (Lipinski definition) is 4. The van der Waals surface area contributed by atoms with Crippen LogP contribution in [-0.4, -0.2) is 20.2 Å². The van der Waals surface area contributed by atoms with Crippen molar-refractivity contribution in [1.82, 2.24) is 20.2 Å². The molecular weight excluding hydrogens is 366 g/mol. The molecule has 120 valence electrons. The first kappa shape index (κ1) is 15.1. The van der Waals surface area contributed by atoms with E-state index < -0.39 is 0 Å². The molecule has 2 heterocycles. The van der Waals surface area contributed by atoms with Crippen LogP contribution >= 0.6 is 15.9 Å². The maximum atomic E-state index is 4.13. The summed E-state index contributed by atoms with van der Waals surface area (Å²) < 4.78 is 2.83. The fraction of sp³-hybridized carbons (Fsp3) is 0.167. The SMILES string of the molecule is CCc1ccc(C2=C[C@H](c3cccc(Br)c3)n3nnnc3N2)cc1. The monoisotopic (exact) mass is 381 g/mol. The van der Waals surface area contributed by atoms with Crippen LogP contribution in [0.4, 0.5) is 5.95 Å². The van der Waals surface area contributed by atoms with Crippen molar-refractivity contribution in [3.8, 4) is 0 Å². The molecule has 0 saturated carbocycles. The fourth-order valence-electron chi connectivity index (χ4n) is 2.87. The number of aromatic nitrogens is 4. The Morgan fingerprint density at radius 2 is 2.00 bits per heavy atom. The first-order chi connectivity index (χ1) is 11.7. The summed E-state index contributed by atoms with van der Waals surface area (Å²) >= 11 is 3.54. The Bertz CT molecular complexity index is 898. The fourth-order valence-corrected chi connectivity index (χ4v) is 3.29. The van der Waals surface area contributed by atoms with E-state index in [0.29, 0.717) is 5.95 Å². The highest BCUT2D eigenvalue weighted by molar-refractivity contribution is 9.10. The molecule has 0 radical (unpaired) electrons. The summed E-state index contributed by atoms with van der Waals surface area (Å²) in [5.74, 6) is 0.650. The number of hydrogen-bond donors (Lipinski definition) is 1. The Labute approximate surface area is 148 Å². The van der Waals surface area contributed by atoms with E-state index in [-0.39, 0.29) is 6.04 Å². The van der Waals surface area contributed by atoms with Crippen molar-refractivity contribution < 1.29 is 0 Å². The summed E-state index contributed by atoms with van der Waals surface area (Å²) in [6.45, 7) is 2.16. The molecule has 1 aliphatic heterocycles. The number of nitrogens with one attached hydrogen (secondary N) is 1. The average Bonchev–Trinajstić information content (AvgIpc) is 3.09. The molecule has 1 atom stereocenters. The van der Waals surface area contributed by atoms with Crippen LogP contribution in [0, 0.1) is 0 Å². The highest BCUT2D eigenvalue weighted by atomic mass is 79.9. The summed E-state index contributed by atoms with van der Waals surface area (Å²) in [6.07, 6.45) is 3.19. The van der Waals surface area contributed by atoms with Crippen molar-refractivity contribution in [2.24, 2.45) is 0 Å². The van der Waals surface area contributed by atoms with E-state index in [1.807, 2.05) is 12.1 Å². The maximum Gasteiger partial charge on any atom is 0.248 e. The van der Waals surface area contributed by atoms with Gasteiger partial charge < -0.3 is 5.32 Å². The molecule has 1 N–H and O–H groups in total. The number of allylic oxidation sites excluding steroid dienone is 1. The highest BCUT2D eigenvalue weighted by Gasteiger charge is 2.24. The van der Waals surface area contributed by atoms with Crippen LogP contribution in [0.2, 0.25) is 0 Å². The highest BCUT2D eigenvalue weighted by Crippen LogP contribution is 2.32. The Balaban J connectivity index is 1.78. The number of nitrogens with zero attached hydrogens (tertiary/aromatic N) is 4. The maximum absolute atomic E-state index is 4.13. The van der Waals surface area contributed by atoms with Gasteiger partial charge in [0, 0.05) is 10.2 Å². The van der Waals surface area contributed by atoms with E-state index in [1.54, 1.807) is 4.68 Å². The summed E-state index contributed by atoms with van der Waals surface area (Å²) in [5.41, 5.74) is 4.59. The predicted octanol–water partition coefficient (Wildman–Crippen LogP) is 4.05. The zero-order chi connectivity index (χ0) is 16.5. The van der Waals surface area contributed by atoms with E-state index in [4.69, 9.17) is 0 Å². The van der Waals surface area contributed by atoms with Gasteiger partial charge in [-0.15, -0.1) is 0 Å². The number of benzene rings is 2. The molecule has 0 amide bonds. The van der Waals surface area contributed by atoms with Gasteiger partial charge in [0.05, 0.1) is 0 Å². The smallest absolute Gasteiger partial charge is 0.248 e. The van der Waals surface area contributed by atoms with Gasteiger partial charge in [0.1, 0.15) is 6.04 Å². The van der Waals surface area contributed by atoms with Gasteiger partial charge in [0.15, 0.2) is 0 Å². The molecule has 6 heteroatoms. The molecule has 3 aromatic rings. The Morgan fingerprint density at radius 1 is 1.17 bits per heavy atom. The largest absolute Gasteiger partial charge is 0.323 e. The van der Waals surface area contributed by atoms with Gasteiger partial charge in [0.2, 0.25) is 5.95 Å². The van der Waals surface area contributed by atoms with Gasteiger partial charge in [-0.3, -0.25) is 0 Å². The van der Waals surface area contributed by atoms with Crippen LogP contribution in [0.25, 0.3) is 5.70 Å². The van der Waals surface area contributed by atoms with E-state index >= 15 is 0 Å². The van der Waals surface area contributed by atoms with Gasteiger partial charge >= 0.3 is 0 Å². The minimum Gasteiger partial charge on any atom is -0.323 e. The minimum absolute atomic E-state index is 0.0467. The lowest BCUT2D eigenvalue weighted by molar-refractivity contribution is 0.585. The lowest BCUT2D eigenvalue weighted by atomic mass is 10.0. The summed E-state index contributed by atoms with van der Waals surface area (Å²) in [4.78, 5) is 0. The molecular formula is C18H16BrN5. The Hall–Kier alpha value is -2.47. The lowest BCUT2D eigenvalue weighted by Crippen LogP contribution is -2.20. The van der Waals surface area contributed by atoms with Crippen LogP contribution in [0.3, 0.4) is 0 Å². The third kappa shape index (κ3) is 2.73. The Morgan fingerprint density at radius 3 is 2.75 bits per heavy atom. The van der Waals surface area contributed by atoms with Crippen molar-refractivity contribution in [3.63, 3.8) is 0 Å². The van der Waals surface area contributed by atoms with Gasteiger partial charge in [-0.05, 0) is 51.7 Å². The molecule has 0 fully saturated rings. The topological polar surface area (TPSA) is 55.6 Å². The first-order valence-corrected chi connectivity index (χ1v) is 8.65. The summed E-state index contributed by atoms with van der Waals surface area (Å²) in [5, 5.41) is 15.4. The molecule has 0 spiro atoms. The molecule has 5 nitrogen and oxygen atoms in total. The second kappa shape index (κ2) is 6.20. The zero-order valence-corrected chi connectivity index (χ0v) is 14.7. The molecule has 1 aliphatic rings. The lowest BCUT2D eigenvalue weighted by Gasteiger charge is -2.23. The number of tetrazole rings is 1. The molecule has 0 unspecified atom stereocenters. The molecule has 24 heavy (non-hydrogen) atoms. The predicted molar refractivity (Wildman–Crippen MR) is 97.5 cm³/mol. The van der Waals surface area contributed by atoms with Gasteiger partial charge in [0.25, 0.3) is 0 Å². The molecule has 0 bridgehead atoms. The molecule has 1 aromatic heterocycles. The number of aryl methyl sites for hydroxylation is 1. The van der Waals surface area contributed by atoms with Crippen molar-refractivity contribution in [2.75, 3.05) is 5.32 Å². The molecule has 4 rings (SSSR count). The molecule has 0 aliphatic carbocycles. The minimum atomic E-state index is -0.0467.